The van der Waals surface area contributed by atoms with Gasteiger partial charge in [-0.15, -0.1) is 0 Å². The molecule has 0 aromatic heterocycles. The molecule has 8 nitrogen and oxygen atoms in total. The Morgan fingerprint density at radius 3 is 2.52 bits per heavy atom. The zero-order chi connectivity index (χ0) is 22.4. The summed E-state index contributed by atoms with van der Waals surface area (Å²) in [6, 6.07) is 11.3. The monoisotopic (exact) mass is 445 g/mol. The summed E-state index contributed by atoms with van der Waals surface area (Å²) in [5.74, 6) is -0.433. The van der Waals surface area contributed by atoms with Crippen LogP contribution < -0.4 is 15.4 Å². The molecule has 2 N–H and O–H groups in total. The number of hydrogen-bond acceptors (Lipinski definition) is 5. The lowest BCUT2D eigenvalue weighted by Crippen LogP contribution is -2.36. The maximum absolute atomic E-state index is 12.8. The summed E-state index contributed by atoms with van der Waals surface area (Å²) in [5, 5.41) is 5.24. The zero-order valence-corrected chi connectivity index (χ0v) is 18.5. The molecule has 0 unspecified atom stereocenters. The Labute approximate surface area is 182 Å². The van der Waals surface area contributed by atoms with Crippen LogP contribution in [0.5, 0.6) is 5.75 Å². The standard InChI is InChI=1S/C22H27N3O5S/c1-16-9-10-20(30-2)19(13-16)24-21(26)15-23-22(27)17-7-6-8-18(14-17)31(28,29)25-11-4-3-5-12-25/h6-10,13-14H,3-5,11-12,15H2,1-2H3,(H,23,27)(H,24,26). The zero-order valence-electron chi connectivity index (χ0n) is 17.7. The van der Waals surface area contributed by atoms with Crippen molar-refractivity contribution in [2.24, 2.45) is 0 Å². The van der Waals surface area contributed by atoms with Crippen LogP contribution in [-0.4, -0.2) is 51.3 Å². The van der Waals surface area contributed by atoms with Gasteiger partial charge in [-0.2, -0.15) is 4.31 Å². The fourth-order valence-corrected chi connectivity index (χ4v) is 4.99. The van der Waals surface area contributed by atoms with Crippen LogP contribution in [0.25, 0.3) is 0 Å². The van der Waals surface area contributed by atoms with Gasteiger partial charge in [0.15, 0.2) is 0 Å². The van der Waals surface area contributed by atoms with Crippen LogP contribution in [0.15, 0.2) is 47.4 Å². The molecule has 0 bridgehead atoms. The van der Waals surface area contributed by atoms with E-state index in [-0.39, 0.29) is 17.0 Å². The lowest BCUT2D eigenvalue weighted by molar-refractivity contribution is -0.115. The molecule has 2 amide bonds. The van der Waals surface area contributed by atoms with Gasteiger partial charge in [0.1, 0.15) is 5.75 Å². The van der Waals surface area contributed by atoms with Crippen molar-refractivity contribution >= 4 is 27.5 Å². The highest BCUT2D eigenvalue weighted by Crippen LogP contribution is 2.25. The molecule has 0 spiro atoms. The molecule has 0 saturated carbocycles. The van der Waals surface area contributed by atoms with Crippen molar-refractivity contribution in [2.75, 3.05) is 32.1 Å². The van der Waals surface area contributed by atoms with Crippen molar-refractivity contribution in [3.8, 4) is 5.75 Å². The molecule has 31 heavy (non-hydrogen) atoms. The van der Waals surface area contributed by atoms with Gasteiger partial charge in [0.2, 0.25) is 15.9 Å². The van der Waals surface area contributed by atoms with Crippen LogP contribution in [0.1, 0.15) is 35.2 Å². The van der Waals surface area contributed by atoms with Crippen molar-refractivity contribution in [1.82, 2.24) is 9.62 Å². The second-order valence-corrected chi connectivity index (χ2v) is 9.37. The minimum Gasteiger partial charge on any atom is -0.495 e. The fraction of sp³-hybridized carbons (Fsp3) is 0.364. The van der Waals surface area contributed by atoms with E-state index in [4.69, 9.17) is 4.74 Å². The van der Waals surface area contributed by atoms with Gasteiger partial charge in [0.05, 0.1) is 24.2 Å². The lowest BCUT2D eigenvalue weighted by atomic mass is 10.2. The quantitative estimate of drug-likeness (QED) is 0.682. The van der Waals surface area contributed by atoms with Crippen LogP contribution in [0.2, 0.25) is 0 Å². The average molecular weight is 446 g/mol. The predicted molar refractivity (Wildman–Crippen MR) is 118 cm³/mol. The van der Waals surface area contributed by atoms with Gasteiger partial charge in [-0.3, -0.25) is 9.59 Å². The van der Waals surface area contributed by atoms with E-state index in [1.54, 1.807) is 12.1 Å². The number of sulfonamides is 1. The number of aryl methyl sites for hydroxylation is 1. The summed E-state index contributed by atoms with van der Waals surface area (Å²) in [6.07, 6.45) is 2.69. The largest absolute Gasteiger partial charge is 0.495 e. The van der Waals surface area contributed by atoms with Crippen LogP contribution >= 0.6 is 0 Å². The highest BCUT2D eigenvalue weighted by molar-refractivity contribution is 7.89. The van der Waals surface area contributed by atoms with E-state index in [1.807, 2.05) is 13.0 Å². The summed E-state index contributed by atoms with van der Waals surface area (Å²) >= 11 is 0. The molecule has 166 valence electrons. The number of nitrogens with zero attached hydrogens (tertiary/aromatic N) is 1. The number of nitrogens with one attached hydrogen (secondary N) is 2. The van der Waals surface area contributed by atoms with Crippen molar-refractivity contribution in [3.63, 3.8) is 0 Å². The Balaban J connectivity index is 1.64. The molecule has 1 heterocycles. The number of ether oxygens (including phenoxy) is 1. The summed E-state index contributed by atoms with van der Waals surface area (Å²) in [7, 11) is -2.13. The first-order chi connectivity index (χ1) is 14.8. The van der Waals surface area contributed by atoms with Crippen molar-refractivity contribution in [3.05, 3.63) is 53.6 Å². The highest BCUT2D eigenvalue weighted by atomic mass is 32.2. The van der Waals surface area contributed by atoms with Gasteiger partial charge in [0.25, 0.3) is 5.91 Å². The third-order valence-corrected chi connectivity index (χ3v) is 6.98. The first-order valence-corrected chi connectivity index (χ1v) is 11.6. The van der Waals surface area contributed by atoms with Gasteiger partial charge in [-0.05, 0) is 55.7 Å². The molecule has 1 aliphatic rings. The molecule has 0 radical (unpaired) electrons. The number of amides is 2. The minimum absolute atomic E-state index is 0.0796. The number of benzene rings is 2. The smallest absolute Gasteiger partial charge is 0.251 e. The third kappa shape index (κ3) is 5.62. The Morgan fingerprint density at radius 2 is 1.81 bits per heavy atom. The Bertz CT molecular complexity index is 1060. The molecule has 0 aliphatic carbocycles. The van der Waals surface area contributed by atoms with E-state index in [1.165, 1.54) is 35.7 Å². The van der Waals surface area contributed by atoms with Gasteiger partial charge in [-0.1, -0.05) is 18.6 Å². The van der Waals surface area contributed by atoms with Crippen LogP contribution in [-0.2, 0) is 14.8 Å². The Hall–Kier alpha value is -2.91. The second kappa shape index (κ2) is 9.93. The van der Waals surface area contributed by atoms with Gasteiger partial charge < -0.3 is 15.4 Å². The van der Waals surface area contributed by atoms with Crippen molar-refractivity contribution in [2.45, 2.75) is 31.1 Å². The molecular formula is C22H27N3O5S. The Kier molecular flexibility index (Phi) is 7.29. The number of piperidine rings is 1. The van der Waals surface area contributed by atoms with Gasteiger partial charge in [0, 0.05) is 18.7 Å². The molecule has 2 aromatic rings. The van der Waals surface area contributed by atoms with E-state index in [0.29, 0.717) is 24.5 Å². The Morgan fingerprint density at radius 1 is 1.06 bits per heavy atom. The summed E-state index contributed by atoms with van der Waals surface area (Å²) < 4.78 is 32.4. The van der Waals surface area contributed by atoms with E-state index in [2.05, 4.69) is 10.6 Å². The first-order valence-electron chi connectivity index (χ1n) is 10.1. The van der Waals surface area contributed by atoms with E-state index >= 15 is 0 Å². The number of rotatable bonds is 7. The topological polar surface area (TPSA) is 105 Å². The van der Waals surface area contributed by atoms with Crippen LogP contribution in [0.3, 0.4) is 0 Å². The maximum Gasteiger partial charge on any atom is 0.251 e. The lowest BCUT2D eigenvalue weighted by Gasteiger charge is -2.26. The highest BCUT2D eigenvalue weighted by Gasteiger charge is 2.26. The molecule has 0 atom stereocenters. The number of carbonyl (C=O) groups is 2. The first kappa shape index (κ1) is 22.8. The number of anilines is 1. The second-order valence-electron chi connectivity index (χ2n) is 7.43. The fourth-order valence-electron chi connectivity index (χ4n) is 3.43. The third-order valence-electron chi connectivity index (χ3n) is 5.09. The van der Waals surface area contributed by atoms with E-state index < -0.39 is 21.8 Å². The molecule has 3 rings (SSSR count). The van der Waals surface area contributed by atoms with Crippen LogP contribution in [0, 0.1) is 6.92 Å². The minimum atomic E-state index is -3.64. The summed E-state index contributed by atoms with van der Waals surface area (Å²) in [5.41, 5.74) is 1.64. The van der Waals surface area contributed by atoms with Crippen LogP contribution in [0.4, 0.5) is 5.69 Å². The number of hydrogen-bond donors (Lipinski definition) is 2. The molecule has 2 aromatic carbocycles. The van der Waals surface area contributed by atoms with Crippen molar-refractivity contribution in [1.29, 1.82) is 0 Å². The normalized spacial score (nSPS) is 14.6. The van der Waals surface area contributed by atoms with Gasteiger partial charge in [-0.25, -0.2) is 8.42 Å². The van der Waals surface area contributed by atoms with E-state index in [0.717, 1.165) is 24.8 Å². The van der Waals surface area contributed by atoms with Gasteiger partial charge >= 0.3 is 0 Å². The summed E-state index contributed by atoms with van der Waals surface area (Å²) in [4.78, 5) is 24.9. The molecule has 1 fully saturated rings. The van der Waals surface area contributed by atoms with E-state index in [9.17, 15) is 18.0 Å². The number of methoxy groups -OCH3 is 1. The molecule has 1 aliphatic heterocycles. The van der Waals surface area contributed by atoms with Crippen molar-refractivity contribution < 1.29 is 22.7 Å². The molecule has 9 heteroatoms. The molecular weight excluding hydrogens is 418 g/mol. The predicted octanol–water partition coefficient (Wildman–Crippen LogP) is 2.55. The summed E-state index contributed by atoms with van der Waals surface area (Å²) in [6.45, 7) is 2.60. The maximum atomic E-state index is 12.8. The SMILES string of the molecule is COc1ccc(C)cc1NC(=O)CNC(=O)c1cccc(S(=O)(=O)N2CCCCC2)c1. The molecule has 1 saturated heterocycles. The number of carbonyl (C=O) groups excluding carboxylic acids is 2. The average Bonchev–Trinajstić information content (AvgIpc) is 2.78.